The molecule has 1 aromatic carbocycles. The first-order chi connectivity index (χ1) is 12.8. The summed E-state index contributed by atoms with van der Waals surface area (Å²) < 4.78 is 1.83. The van der Waals surface area contributed by atoms with E-state index >= 15 is 0 Å². The fraction of sp³-hybridized carbons (Fsp3) is 0.500. The van der Waals surface area contributed by atoms with Crippen molar-refractivity contribution in [1.82, 2.24) is 14.7 Å². The van der Waals surface area contributed by atoms with E-state index in [0.717, 1.165) is 40.9 Å². The Morgan fingerprint density at radius 1 is 1.11 bits per heavy atom. The summed E-state index contributed by atoms with van der Waals surface area (Å²) in [5.41, 5.74) is 6.03. The first-order valence-corrected chi connectivity index (χ1v) is 9.66. The largest absolute Gasteiger partial charge is 0.342 e. The van der Waals surface area contributed by atoms with E-state index in [0.29, 0.717) is 19.5 Å². The van der Waals surface area contributed by atoms with Crippen LogP contribution in [0.4, 0.5) is 0 Å². The van der Waals surface area contributed by atoms with Crippen molar-refractivity contribution < 1.29 is 9.59 Å². The average molecular weight is 367 g/mol. The highest BCUT2D eigenvalue weighted by Crippen LogP contribution is 2.25. The molecule has 1 aromatic heterocycles. The molecule has 2 aromatic rings. The van der Waals surface area contributed by atoms with Crippen molar-refractivity contribution in [3.05, 3.63) is 51.8 Å². The number of likely N-dealkylation sites (tertiary alicyclic amines) is 1. The van der Waals surface area contributed by atoms with Crippen molar-refractivity contribution in [2.24, 2.45) is 13.0 Å². The number of nitrogens with zero attached hydrogens (tertiary/aromatic N) is 3. The van der Waals surface area contributed by atoms with Gasteiger partial charge in [0.2, 0.25) is 5.91 Å². The van der Waals surface area contributed by atoms with Gasteiger partial charge in [0, 0.05) is 42.9 Å². The normalized spacial score (nSPS) is 15.2. The molecule has 1 aliphatic rings. The summed E-state index contributed by atoms with van der Waals surface area (Å²) >= 11 is 0. The summed E-state index contributed by atoms with van der Waals surface area (Å²) in [4.78, 5) is 27.5. The van der Waals surface area contributed by atoms with Crippen LogP contribution in [0.25, 0.3) is 0 Å². The second-order valence-electron chi connectivity index (χ2n) is 7.79. The highest BCUT2D eigenvalue weighted by atomic mass is 16.2. The fourth-order valence-electron chi connectivity index (χ4n) is 4.04. The first-order valence-electron chi connectivity index (χ1n) is 9.66. The molecule has 0 aliphatic carbocycles. The molecular formula is C22H29N3O2. The number of amides is 1. The smallest absolute Gasteiger partial charge is 0.227 e. The second-order valence-corrected chi connectivity index (χ2v) is 7.79. The Kier molecular flexibility index (Phi) is 5.49. The predicted octanol–water partition coefficient (Wildman–Crippen LogP) is 3.32. The summed E-state index contributed by atoms with van der Waals surface area (Å²) in [6, 6.07) is 6.00. The van der Waals surface area contributed by atoms with Crippen LogP contribution in [0, 0.1) is 33.6 Å². The Morgan fingerprint density at radius 3 is 2.33 bits per heavy atom. The Hall–Kier alpha value is -2.43. The van der Waals surface area contributed by atoms with Crippen LogP contribution in [0.3, 0.4) is 0 Å². The lowest BCUT2D eigenvalue weighted by Crippen LogP contribution is -2.41. The van der Waals surface area contributed by atoms with Crippen molar-refractivity contribution in [3.63, 3.8) is 0 Å². The van der Waals surface area contributed by atoms with Crippen LogP contribution in [0.1, 0.15) is 51.3 Å². The molecule has 0 saturated carbocycles. The van der Waals surface area contributed by atoms with Gasteiger partial charge in [0.15, 0.2) is 5.78 Å². The van der Waals surface area contributed by atoms with Crippen molar-refractivity contribution in [1.29, 1.82) is 0 Å². The highest BCUT2D eigenvalue weighted by Gasteiger charge is 2.29. The molecule has 0 spiro atoms. The van der Waals surface area contributed by atoms with Gasteiger partial charge in [-0.25, -0.2) is 0 Å². The van der Waals surface area contributed by atoms with Crippen molar-refractivity contribution in [2.45, 2.75) is 47.0 Å². The van der Waals surface area contributed by atoms with Gasteiger partial charge in [-0.1, -0.05) is 23.8 Å². The summed E-state index contributed by atoms with van der Waals surface area (Å²) in [6.07, 6.45) is 1.87. The number of Topliss-reactive ketones (excluding diaryl/α,β-unsaturated/α-hetero) is 1. The predicted molar refractivity (Wildman–Crippen MR) is 106 cm³/mol. The Labute approximate surface area is 161 Å². The van der Waals surface area contributed by atoms with Gasteiger partial charge in [0.05, 0.1) is 12.1 Å². The van der Waals surface area contributed by atoms with Gasteiger partial charge in [-0.2, -0.15) is 5.10 Å². The quantitative estimate of drug-likeness (QED) is 0.779. The lowest BCUT2D eigenvalue weighted by molar-refractivity contribution is -0.131. The lowest BCUT2D eigenvalue weighted by atomic mass is 9.87. The van der Waals surface area contributed by atoms with Gasteiger partial charge in [-0.3, -0.25) is 14.3 Å². The van der Waals surface area contributed by atoms with Gasteiger partial charge in [0.25, 0.3) is 0 Å². The zero-order valence-corrected chi connectivity index (χ0v) is 17.0. The minimum Gasteiger partial charge on any atom is -0.342 e. The zero-order chi connectivity index (χ0) is 19.7. The Balaban J connectivity index is 1.61. The molecule has 1 aliphatic heterocycles. The maximum atomic E-state index is 12.9. The highest BCUT2D eigenvalue weighted by molar-refractivity contribution is 5.99. The summed E-state index contributed by atoms with van der Waals surface area (Å²) in [5, 5.41) is 4.39. The standard InChI is InChI=1S/C22H29N3O2/c1-14-6-7-19(15(2)12-14)22(27)18-8-10-25(11-9-18)21(26)13-20-16(3)23-24(5)17(20)4/h6-7,12,18H,8-11,13H2,1-5H3. The van der Waals surface area contributed by atoms with E-state index in [4.69, 9.17) is 0 Å². The third-order valence-corrected chi connectivity index (χ3v) is 5.85. The SMILES string of the molecule is Cc1ccc(C(=O)C2CCN(C(=O)Cc3c(C)nn(C)c3C)CC2)c(C)c1. The number of aromatic nitrogens is 2. The van der Waals surface area contributed by atoms with Crippen LogP contribution in [0.2, 0.25) is 0 Å². The van der Waals surface area contributed by atoms with Crippen LogP contribution in [0.5, 0.6) is 0 Å². The van der Waals surface area contributed by atoms with Crippen molar-refractivity contribution in [3.8, 4) is 0 Å². The number of piperidine rings is 1. The van der Waals surface area contributed by atoms with Crippen LogP contribution < -0.4 is 0 Å². The number of carbonyl (C=O) groups is 2. The van der Waals surface area contributed by atoms with Gasteiger partial charge in [-0.15, -0.1) is 0 Å². The molecule has 0 N–H and O–H groups in total. The fourth-order valence-corrected chi connectivity index (χ4v) is 4.04. The number of hydrogen-bond donors (Lipinski definition) is 0. The average Bonchev–Trinajstić information content (AvgIpc) is 2.87. The van der Waals surface area contributed by atoms with E-state index in [2.05, 4.69) is 11.2 Å². The molecule has 144 valence electrons. The first kappa shape index (κ1) is 19.3. The number of benzene rings is 1. The second kappa shape index (κ2) is 7.67. The van der Waals surface area contributed by atoms with E-state index in [1.807, 2.05) is 56.5 Å². The molecule has 2 heterocycles. The Morgan fingerprint density at radius 2 is 1.78 bits per heavy atom. The minimum absolute atomic E-state index is 0.0114. The van der Waals surface area contributed by atoms with Crippen LogP contribution in [-0.2, 0) is 18.3 Å². The van der Waals surface area contributed by atoms with Crippen molar-refractivity contribution in [2.75, 3.05) is 13.1 Å². The summed E-state index contributed by atoms with van der Waals surface area (Å²) in [5.74, 6) is 0.363. The van der Waals surface area contributed by atoms with E-state index in [9.17, 15) is 9.59 Å². The van der Waals surface area contributed by atoms with Gasteiger partial charge >= 0.3 is 0 Å². The van der Waals surface area contributed by atoms with E-state index in [-0.39, 0.29) is 17.6 Å². The molecule has 0 atom stereocenters. The number of ketones is 1. The molecular weight excluding hydrogens is 338 g/mol. The third kappa shape index (κ3) is 3.97. The van der Waals surface area contributed by atoms with Gasteiger partial charge < -0.3 is 4.90 Å². The molecule has 0 radical (unpaired) electrons. The molecule has 0 bridgehead atoms. The van der Waals surface area contributed by atoms with Gasteiger partial charge in [-0.05, 0) is 46.1 Å². The molecule has 1 saturated heterocycles. The van der Waals surface area contributed by atoms with Crippen LogP contribution in [0.15, 0.2) is 18.2 Å². The molecule has 3 rings (SSSR count). The topological polar surface area (TPSA) is 55.2 Å². The molecule has 1 amide bonds. The molecule has 1 fully saturated rings. The lowest BCUT2D eigenvalue weighted by Gasteiger charge is -2.31. The summed E-state index contributed by atoms with van der Waals surface area (Å²) in [7, 11) is 1.90. The molecule has 27 heavy (non-hydrogen) atoms. The summed E-state index contributed by atoms with van der Waals surface area (Å²) in [6.45, 7) is 9.29. The molecule has 5 heteroatoms. The van der Waals surface area contributed by atoms with Crippen LogP contribution >= 0.6 is 0 Å². The zero-order valence-electron chi connectivity index (χ0n) is 17.0. The third-order valence-electron chi connectivity index (χ3n) is 5.85. The Bertz CT molecular complexity index is 874. The van der Waals surface area contributed by atoms with E-state index < -0.39 is 0 Å². The number of aryl methyl sites for hydroxylation is 4. The van der Waals surface area contributed by atoms with Crippen LogP contribution in [-0.4, -0.2) is 39.5 Å². The maximum absolute atomic E-state index is 12.9. The van der Waals surface area contributed by atoms with Crippen molar-refractivity contribution >= 4 is 11.7 Å². The van der Waals surface area contributed by atoms with E-state index in [1.165, 1.54) is 5.56 Å². The molecule has 0 unspecified atom stereocenters. The van der Waals surface area contributed by atoms with Gasteiger partial charge in [0.1, 0.15) is 0 Å². The maximum Gasteiger partial charge on any atom is 0.227 e. The number of hydrogen-bond acceptors (Lipinski definition) is 3. The molecule has 5 nitrogen and oxygen atoms in total. The number of rotatable bonds is 4. The minimum atomic E-state index is 0.0114. The number of carbonyl (C=O) groups excluding carboxylic acids is 2. The monoisotopic (exact) mass is 367 g/mol. The van der Waals surface area contributed by atoms with E-state index in [1.54, 1.807) is 0 Å².